The molecule has 0 radical (unpaired) electrons. The molecule has 0 bridgehead atoms. The minimum atomic E-state index is -0.912. The molecule has 1 heterocycles. The Bertz CT molecular complexity index is 524. The van der Waals surface area contributed by atoms with E-state index in [4.69, 9.17) is 0 Å². The summed E-state index contributed by atoms with van der Waals surface area (Å²) in [5, 5.41) is 7.50. The van der Waals surface area contributed by atoms with Crippen molar-refractivity contribution < 1.29 is 4.21 Å². The Balaban J connectivity index is 1.63. The van der Waals surface area contributed by atoms with Gasteiger partial charge in [0.2, 0.25) is 0 Å². The van der Waals surface area contributed by atoms with E-state index in [0.717, 1.165) is 24.5 Å². The average molecular weight is 277 g/mol. The first kappa shape index (κ1) is 14.0. The van der Waals surface area contributed by atoms with Crippen molar-refractivity contribution in [2.24, 2.45) is 0 Å². The lowest BCUT2D eigenvalue weighted by Crippen LogP contribution is -2.24. The van der Waals surface area contributed by atoms with Crippen LogP contribution < -0.4 is 5.32 Å². The van der Waals surface area contributed by atoms with E-state index in [-0.39, 0.29) is 0 Å². The van der Waals surface area contributed by atoms with E-state index in [1.165, 1.54) is 5.56 Å². The van der Waals surface area contributed by atoms with Gasteiger partial charge in [-0.2, -0.15) is 5.10 Å². The van der Waals surface area contributed by atoms with E-state index in [1.54, 1.807) is 0 Å². The zero-order chi connectivity index (χ0) is 13.5. The molecule has 1 aromatic carbocycles. The zero-order valence-corrected chi connectivity index (χ0v) is 11.9. The highest BCUT2D eigenvalue weighted by molar-refractivity contribution is 7.85. The summed E-state index contributed by atoms with van der Waals surface area (Å²) >= 11 is 0. The number of benzene rings is 1. The van der Waals surface area contributed by atoms with E-state index in [9.17, 15) is 4.21 Å². The quantitative estimate of drug-likeness (QED) is 0.782. The van der Waals surface area contributed by atoms with Crippen molar-refractivity contribution in [2.45, 2.75) is 18.4 Å². The number of hydrogen-bond donors (Lipinski definition) is 1. The molecular formula is C14H19N3OS. The van der Waals surface area contributed by atoms with Crippen LogP contribution in [0.15, 0.2) is 47.6 Å². The molecular weight excluding hydrogens is 258 g/mol. The fraction of sp³-hybridized carbons (Fsp3) is 0.357. The van der Waals surface area contributed by atoms with E-state index >= 15 is 0 Å². The van der Waals surface area contributed by atoms with Crippen LogP contribution in [0.5, 0.6) is 0 Å². The number of rotatable bonds is 7. The Kier molecular flexibility index (Phi) is 5.30. The topological polar surface area (TPSA) is 46.9 Å². The Morgan fingerprint density at radius 3 is 2.74 bits per heavy atom. The highest BCUT2D eigenvalue weighted by Crippen LogP contribution is 2.04. The van der Waals surface area contributed by atoms with Crippen molar-refractivity contribution in [3.63, 3.8) is 0 Å². The van der Waals surface area contributed by atoms with Crippen LogP contribution in [0.3, 0.4) is 0 Å². The standard InChI is InChI=1S/C14H19N3OS/c1-13-11-16-17(12-13)9-7-15-8-10-19(18)14-5-3-2-4-6-14/h2-6,11-12,15H,7-10H2,1H3. The molecule has 2 rings (SSSR count). The lowest BCUT2D eigenvalue weighted by Gasteiger charge is -2.05. The Morgan fingerprint density at radius 1 is 1.26 bits per heavy atom. The molecule has 0 fully saturated rings. The summed E-state index contributed by atoms with van der Waals surface area (Å²) in [6, 6.07) is 9.58. The van der Waals surface area contributed by atoms with Crippen molar-refractivity contribution in [3.8, 4) is 0 Å². The van der Waals surface area contributed by atoms with E-state index < -0.39 is 10.8 Å². The van der Waals surface area contributed by atoms with Crippen LogP contribution in [0.25, 0.3) is 0 Å². The number of nitrogens with one attached hydrogen (secondary N) is 1. The van der Waals surface area contributed by atoms with Crippen molar-refractivity contribution in [1.82, 2.24) is 15.1 Å². The monoisotopic (exact) mass is 277 g/mol. The van der Waals surface area contributed by atoms with Crippen LogP contribution in [0.1, 0.15) is 5.56 Å². The molecule has 0 amide bonds. The van der Waals surface area contributed by atoms with Gasteiger partial charge in [-0.05, 0) is 24.6 Å². The first-order valence-corrected chi connectivity index (χ1v) is 7.71. The number of hydrogen-bond acceptors (Lipinski definition) is 3. The second kappa shape index (κ2) is 7.21. The van der Waals surface area contributed by atoms with Gasteiger partial charge in [-0.3, -0.25) is 8.89 Å². The van der Waals surface area contributed by atoms with Crippen molar-refractivity contribution in [1.29, 1.82) is 0 Å². The predicted octanol–water partition coefficient (Wildman–Crippen LogP) is 1.59. The maximum Gasteiger partial charge on any atom is 0.0542 e. The van der Waals surface area contributed by atoms with E-state index in [0.29, 0.717) is 5.75 Å². The number of aryl methyl sites for hydroxylation is 1. The van der Waals surface area contributed by atoms with Crippen LogP contribution in [0.4, 0.5) is 0 Å². The van der Waals surface area contributed by atoms with Gasteiger partial charge in [-0.15, -0.1) is 0 Å². The Hall–Kier alpha value is -1.46. The summed E-state index contributed by atoms with van der Waals surface area (Å²) in [5.41, 5.74) is 1.17. The van der Waals surface area contributed by atoms with Crippen LogP contribution in [0.2, 0.25) is 0 Å². The molecule has 2 aromatic rings. The van der Waals surface area contributed by atoms with Crippen molar-refractivity contribution in [3.05, 3.63) is 48.3 Å². The maximum atomic E-state index is 11.9. The molecule has 1 N–H and O–H groups in total. The third kappa shape index (κ3) is 4.61. The first-order chi connectivity index (χ1) is 9.25. The van der Waals surface area contributed by atoms with Crippen LogP contribution in [-0.2, 0) is 17.3 Å². The Morgan fingerprint density at radius 2 is 2.05 bits per heavy atom. The van der Waals surface area contributed by atoms with Gasteiger partial charge in [0.1, 0.15) is 0 Å². The van der Waals surface area contributed by atoms with Gasteiger partial charge in [-0.1, -0.05) is 18.2 Å². The van der Waals surface area contributed by atoms with Gasteiger partial charge in [-0.25, -0.2) is 0 Å². The summed E-state index contributed by atoms with van der Waals surface area (Å²) in [5.74, 6) is 0.641. The van der Waals surface area contributed by atoms with Gasteiger partial charge in [0, 0.05) is 29.9 Å². The number of nitrogens with zero attached hydrogens (tertiary/aromatic N) is 2. The fourth-order valence-electron chi connectivity index (χ4n) is 1.76. The van der Waals surface area contributed by atoms with Crippen LogP contribution in [0, 0.1) is 6.92 Å². The summed E-state index contributed by atoms with van der Waals surface area (Å²) in [6.45, 7) is 4.46. The van der Waals surface area contributed by atoms with Crippen LogP contribution in [-0.4, -0.2) is 32.8 Å². The van der Waals surface area contributed by atoms with E-state index in [2.05, 4.69) is 10.4 Å². The van der Waals surface area contributed by atoms with Crippen molar-refractivity contribution >= 4 is 10.8 Å². The summed E-state index contributed by atoms with van der Waals surface area (Å²) < 4.78 is 13.8. The van der Waals surface area contributed by atoms with Gasteiger partial charge < -0.3 is 5.32 Å². The second-order valence-corrected chi connectivity index (χ2v) is 5.96. The van der Waals surface area contributed by atoms with Gasteiger partial charge >= 0.3 is 0 Å². The molecule has 102 valence electrons. The van der Waals surface area contributed by atoms with E-state index in [1.807, 2.05) is 54.3 Å². The smallest absolute Gasteiger partial charge is 0.0542 e. The Labute approximate surface area is 116 Å². The molecule has 1 atom stereocenters. The molecule has 1 aromatic heterocycles. The maximum absolute atomic E-state index is 11.9. The first-order valence-electron chi connectivity index (χ1n) is 6.39. The fourth-order valence-corrected chi connectivity index (χ4v) is 2.79. The average Bonchev–Trinajstić information content (AvgIpc) is 2.85. The van der Waals surface area contributed by atoms with Crippen molar-refractivity contribution in [2.75, 3.05) is 18.8 Å². The molecule has 0 saturated heterocycles. The summed E-state index contributed by atoms with van der Waals surface area (Å²) in [7, 11) is -0.912. The molecule has 0 aliphatic rings. The summed E-state index contributed by atoms with van der Waals surface area (Å²) in [6.07, 6.45) is 3.87. The molecule has 4 nitrogen and oxygen atoms in total. The zero-order valence-electron chi connectivity index (χ0n) is 11.1. The minimum absolute atomic E-state index is 0.641. The normalized spacial score (nSPS) is 12.5. The van der Waals surface area contributed by atoms with Gasteiger partial charge in [0.05, 0.1) is 23.5 Å². The number of aromatic nitrogens is 2. The predicted molar refractivity (Wildman–Crippen MR) is 77.6 cm³/mol. The SMILES string of the molecule is Cc1cnn(CCNCCS(=O)c2ccccc2)c1. The summed E-state index contributed by atoms with van der Waals surface area (Å²) in [4.78, 5) is 0.895. The molecule has 1 unspecified atom stereocenters. The van der Waals surface area contributed by atoms with Gasteiger partial charge in [0.25, 0.3) is 0 Å². The molecule has 5 heteroatoms. The highest BCUT2D eigenvalue weighted by atomic mass is 32.2. The largest absolute Gasteiger partial charge is 0.314 e. The molecule has 0 saturated carbocycles. The molecule has 19 heavy (non-hydrogen) atoms. The van der Waals surface area contributed by atoms with Crippen LogP contribution >= 0.6 is 0 Å². The second-order valence-electron chi connectivity index (χ2n) is 4.39. The van der Waals surface area contributed by atoms with Gasteiger partial charge in [0.15, 0.2) is 0 Å². The molecule has 0 spiro atoms. The lowest BCUT2D eigenvalue weighted by molar-refractivity contribution is 0.565. The molecule has 0 aliphatic carbocycles. The third-order valence-electron chi connectivity index (χ3n) is 2.75. The minimum Gasteiger partial charge on any atom is -0.314 e. The lowest BCUT2D eigenvalue weighted by atomic mass is 10.4. The third-order valence-corrected chi connectivity index (χ3v) is 4.12. The molecule has 0 aliphatic heterocycles. The highest BCUT2D eigenvalue weighted by Gasteiger charge is 2.01.